The summed E-state index contributed by atoms with van der Waals surface area (Å²) in [7, 11) is -1.99. The number of carbonyl (C=O) groups excluding carboxylic acids is 2. The average molecular weight is 763 g/mol. The molecule has 2 aliphatic heterocycles. The van der Waals surface area contributed by atoms with Gasteiger partial charge in [-0.05, 0) is 94.8 Å². The van der Waals surface area contributed by atoms with Crippen LogP contribution in [0.4, 0.5) is 29.5 Å². The minimum Gasteiger partial charge on any atom is -0.497 e. The van der Waals surface area contributed by atoms with Crippen LogP contribution in [0.25, 0.3) is 0 Å². The summed E-state index contributed by atoms with van der Waals surface area (Å²) >= 11 is 0. The quantitative estimate of drug-likeness (QED) is 0.206. The van der Waals surface area contributed by atoms with Gasteiger partial charge in [-0.15, -0.1) is 5.10 Å². The maximum atomic E-state index is 14.2. The second-order valence-corrected chi connectivity index (χ2v) is 16.6. The first-order chi connectivity index (χ1) is 24.8. The van der Waals surface area contributed by atoms with Gasteiger partial charge >= 0.3 is 18.2 Å². The zero-order chi connectivity index (χ0) is 38.6. The SMILES string of the molecule is COc1ccc(CN(CCCC(=O)OC(C)(C)C)c2cc(C(F)(F)F)ccc2CN2CCCC23CCN(C(=O)n2ccc(NS(C)(=O)=O)n2)CC3)cc1. The molecule has 290 valence electrons. The van der Waals surface area contributed by atoms with Crippen molar-refractivity contribution in [3.63, 3.8) is 0 Å². The summed E-state index contributed by atoms with van der Waals surface area (Å²) in [4.78, 5) is 31.8. The van der Waals surface area contributed by atoms with Gasteiger partial charge in [0.05, 0.1) is 18.9 Å². The molecule has 0 radical (unpaired) electrons. The van der Waals surface area contributed by atoms with Crippen LogP contribution >= 0.6 is 0 Å². The number of anilines is 2. The Balaban J connectivity index is 1.37. The fourth-order valence-electron chi connectivity index (χ4n) is 7.16. The Bertz CT molecular complexity index is 1850. The van der Waals surface area contributed by atoms with E-state index in [9.17, 15) is 31.2 Å². The van der Waals surface area contributed by atoms with Crippen LogP contribution in [0, 0.1) is 0 Å². The van der Waals surface area contributed by atoms with E-state index in [-0.39, 0.29) is 29.8 Å². The second-order valence-electron chi connectivity index (χ2n) is 14.8. The molecule has 0 bridgehead atoms. The number of nitrogens with zero attached hydrogens (tertiary/aromatic N) is 5. The van der Waals surface area contributed by atoms with Gasteiger partial charge in [0, 0.05) is 62.6 Å². The minimum atomic E-state index is -4.56. The number of aromatic nitrogens is 2. The van der Waals surface area contributed by atoms with E-state index in [0.29, 0.717) is 63.4 Å². The van der Waals surface area contributed by atoms with E-state index in [4.69, 9.17) is 9.47 Å². The smallest absolute Gasteiger partial charge is 0.416 e. The van der Waals surface area contributed by atoms with Crippen molar-refractivity contribution in [2.24, 2.45) is 0 Å². The highest BCUT2D eigenvalue weighted by atomic mass is 32.2. The standard InChI is InChI=1S/C37H49F3N6O6S/c1-35(2,3)52-33(47)8-6-19-44(25-27-9-13-30(51-4)14-10-27)31-24-29(37(38,39)40)12-11-28(31)26-45-20-7-16-36(45)17-22-43(23-18-36)34(48)46-21-15-32(41-46)42-53(5,49)50/h9-15,21,24H,6-8,16-20,22-23,25-26H2,1-5H3,(H,41,42). The number of amides is 1. The molecular weight excluding hydrogens is 714 g/mol. The molecule has 0 atom stereocenters. The summed E-state index contributed by atoms with van der Waals surface area (Å²) in [6.07, 6.45) is 1.48. The third-order valence-electron chi connectivity index (χ3n) is 9.66. The summed E-state index contributed by atoms with van der Waals surface area (Å²) in [5, 5.41) is 4.07. The van der Waals surface area contributed by atoms with E-state index in [1.54, 1.807) is 38.8 Å². The number of hydrogen-bond acceptors (Lipinski definition) is 9. The minimum absolute atomic E-state index is 0.0505. The van der Waals surface area contributed by atoms with Crippen LogP contribution in [-0.2, 0) is 38.8 Å². The molecule has 0 aliphatic carbocycles. The number of piperidine rings is 1. The number of likely N-dealkylation sites (tertiary alicyclic amines) is 2. The molecule has 1 aromatic heterocycles. The van der Waals surface area contributed by atoms with Gasteiger partial charge in [0.15, 0.2) is 5.82 Å². The summed E-state index contributed by atoms with van der Waals surface area (Å²) in [5.41, 5.74) is 0.417. The number of nitrogens with one attached hydrogen (secondary N) is 1. The summed E-state index contributed by atoms with van der Waals surface area (Å²) in [5.74, 6) is 0.346. The van der Waals surface area contributed by atoms with E-state index < -0.39 is 27.4 Å². The summed E-state index contributed by atoms with van der Waals surface area (Å²) < 4.78 is 80.0. The highest BCUT2D eigenvalue weighted by Crippen LogP contribution is 2.42. The van der Waals surface area contributed by atoms with Gasteiger partial charge < -0.3 is 19.3 Å². The predicted molar refractivity (Wildman–Crippen MR) is 195 cm³/mol. The van der Waals surface area contributed by atoms with E-state index in [0.717, 1.165) is 47.5 Å². The van der Waals surface area contributed by atoms with Crippen LogP contribution < -0.4 is 14.4 Å². The molecule has 1 spiro atoms. The summed E-state index contributed by atoms with van der Waals surface area (Å²) in [6.45, 7) is 8.05. The lowest BCUT2D eigenvalue weighted by Gasteiger charge is -2.45. The third-order valence-corrected chi connectivity index (χ3v) is 10.2. The predicted octanol–water partition coefficient (Wildman–Crippen LogP) is 6.51. The molecule has 16 heteroatoms. The molecular formula is C37H49F3N6O6S. The molecule has 1 N–H and O–H groups in total. The van der Waals surface area contributed by atoms with Crippen LogP contribution in [0.2, 0.25) is 0 Å². The average Bonchev–Trinajstić information content (AvgIpc) is 3.69. The fraction of sp³-hybridized carbons (Fsp3) is 0.541. The topological polar surface area (TPSA) is 126 Å². The Labute approximate surface area is 309 Å². The van der Waals surface area contributed by atoms with Crippen molar-refractivity contribution in [2.75, 3.05) is 49.2 Å². The molecule has 3 aromatic rings. The Morgan fingerprint density at radius 3 is 2.32 bits per heavy atom. The van der Waals surface area contributed by atoms with Gasteiger partial charge in [-0.25, -0.2) is 13.2 Å². The monoisotopic (exact) mass is 762 g/mol. The molecule has 53 heavy (non-hydrogen) atoms. The number of alkyl halides is 3. The van der Waals surface area contributed by atoms with Crippen molar-refractivity contribution >= 4 is 33.5 Å². The Morgan fingerprint density at radius 2 is 1.70 bits per heavy atom. The molecule has 2 fully saturated rings. The van der Waals surface area contributed by atoms with E-state index >= 15 is 0 Å². The van der Waals surface area contributed by atoms with Crippen LogP contribution in [0.5, 0.6) is 5.75 Å². The Morgan fingerprint density at radius 1 is 1.00 bits per heavy atom. The molecule has 0 saturated carbocycles. The zero-order valence-corrected chi connectivity index (χ0v) is 31.7. The molecule has 1 amide bonds. The number of methoxy groups -OCH3 is 1. The first-order valence-electron chi connectivity index (χ1n) is 17.7. The number of carbonyl (C=O) groups is 2. The van der Waals surface area contributed by atoms with E-state index in [1.165, 1.54) is 18.3 Å². The molecule has 5 rings (SSSR count). The highest BCUT2D eigenvalue weighted by Gasteiger charge is 2.44. The van der Waals surface area contributed by atoms with Crippen molar-refractivity contribution in [2.45, 2.75) is 89.7 Å². The van der Waals surface area contributed by atoms with Gasteiger partial charge in [0.2, 0.25) is 10.0 Å². The van der Waals surface area contributed by atoms with Gasteiger partial charge in [0.1, 0.15) is 11.4 Å². The molecule has 2 aromatic carbocycles. The van der Waals surface area contributed by atoms with Crippen molar-refractivity contribution in [1.29, 1.82) is 0 Å². The lowest BCUT2D eigenvalue weighted by Crippen LogP contribution is -2.53. The van der Waals surface area contributed by atoms with Crippen LogP contribution in [0.3, 0.4) is 0 Å². The van der Waals surface area contributed by atoms with Crippen molar-refractivity contribution in [1.82, 2.24) is 19.6 Å². The molecule has 12 nitrogen and oxygen atoms in total. The Hall–Kier alpha value is -4.31. The first-order valence-corrected chi connectivity index (χ1v) is 19.6. The number of rotatable bonds is 12. The normalized spacial score (nSPS) is 16.5. The van der Waals surface area contributed by atoms with Crippen LogP contribution in [0.15, 0.2) is 54.7 Å². The van der Waals surface area contributed by atoms with Crippen LogP contribution in [0.1, 0.15) is 76.0 Å². The molecule has 2 saturated heterocycles. The number of ether oxygens (including phenoxy) is 2. The number of hydrogen-bond donors (Lipinski definition) is 1. The van der Waals surface area contributed by atoms with Crippen molar-refractivity contribution < 1.29 is 40.7 Å². The number of sulfonamides is 1. The van der Waals surface area contributed by atoms with Gasteiger partial charge in [-0.3, -0.25) is 14.4 Å². The molecule has 3 heterocycles. The maximum Gasteiger partial charge on any atom is 0.416 e. The third kappa shape index (κ3) is 10.6. The van der Waals surface area contributed by atoms with E-state index in [2.05, 4.69) is 14.7 Å². The number of esters is 1. The van der Waals surface area contributed by atoms with Crippen molar-refractivity contribution in [3.05, 3.63) is 71.4 Å². The largest absolute Gasteiger partial charge is 0.497 e. The second kappa shape index (κ2) is 16.0. The van der Waals surface area contributed by atoms with Crippen molar-refractivity contribution in [3.8, 4) is 5.75 Å². The first kappa shape index (κ1) is 39.9. The fourth-order valence-corrected chi connectivity index (χ4v) is 7.65. The lowest BCUT2D eigenvalue weighted by atomic mass is 9.84. The number of benzene rings is 2. The van der Waals surface area contributed by atoms with E-state index in [1.807, 2.05) is 29.2 Å². The van der Waals surface area contributed by atoms with Gasteiger partial charge in [-0.2, -0.15) is 17.9 Å². The molecule has 0 unspecified atom stereocenters. The lowest BCUT2D eigenvalue weighted by molar-refractivity contribution is -0.154. The van der Waals surface area contributed by atoms with Gasteiger partial charge in [0.25, 0.3) is 0 Å². The molecule has 2 aliphatic rings. The summed E-state index contributed by atoms with van der Waals surface area (Å²) in [6, 6.07) is 12.3. The van der Waals surface area contributed by atoms with Gasteiger partial charge in [-0.1, -0.05) is 18.2 Å². The Kier molecular flexibility index (Phi) is 12.0. The highest BCUT2D eigenvalue weighted by molar-refractivity contribution is 7.92. The maximum absolute atomic E-state index is 14.2. The van der Waals surface area contributed by atoms with Crippen LogP contribution in [-0.4, -0.2) is 90.7 Å². The number of halogens is 3. The zero-order valence-electron chi connectivity index (χ0n) is 30.9.